The largest absolute Gasteiger partial charge is 0.465 e. The lowest BCUT2D eigenvalue weighted by atomic mass is 10.0. The van der Waals surface area contributed by atoms with Gasteiger partial charge in [0.15, 0.2) is 0 Å². The lowest BCUT2D eigenvalue weighted by Crippen LogP contribution is -2.35. The average Bonchev–Trinajstić information content (AvgIpc) is 2.83. The molecular weight excluding hydrogens is 264 g/mol. The zero-order valence-corrected chi connectivity index (χ0v) is 11.3. The van der Waals surface area contributed by atoms with Gasteiger partial charge in [0.25, 0.3) is 5.69 Å². The number of methoxy groups -OCH3 is 1. The smallest absolute Gasteiger partial charge is 0.337 e. The van der Waals surface area contributed by atoms with E-state index in [2.05, 4.69) is 10.1 Å². The van der Waals surface area contributed by atoms with Crippen LogP contribution in [0.1, 0.15) is 23.7 Å². The summed E-state index contributed by atoms with van der Waals surface area (Å²) >= 11 is 0. The highest BCUT2D eigenvalue weighted by Gasteiger charge is 2.32. The third-order valence-corrected chi connectivity index (χ3v) is 3.27. The second-order valence-electron chi connectivity index (χ2n) is 4.97. The summed E-state index contributed by atoms with van der Waals surface area (Å²) in [5.74, 6) is -0.532. The number of nitrogens with one attached hydrogen (secondary N) is 1. The highest BCUT2D eigenvalue weighted by Crippen LogP contribution is 2.31. The van der Waals surface area contributed by atoms with Crippen molar-refractivity contribution in [3.8, 4) is 0 Å². The third-order valence-electron chi connectivity index (χ3n) is 3.27. The van der Waals surface area contributed by atoms with Gasteiger partial charge in [0.2, 0.25) is 0 Å². The molecule has 1 aromatic carbocycles. The summed E-state index contributed by atoms with van der Waals surface area (Å²) in [6.07, 6.45) is 0.743. The van der Waals surface area contributed by atoms with Crippen molar-refractivity contribution in [1.82, 2.24) is 0 Å². The third kappa shape index (κ3) is 2.88. The molecule has 0 amide bonds. The summed E-state index contributed by atoms with van der Waals surface area (Å²) in [5.41, 5.74) is 0.110. The molecular formula is C13H16N2O5. The minimum atomic E-state index is -0.532. The molecule has 7 nitrogen and oxygen atoms in total. The number of nitro groups is 1. The first-order valence-electron chi connectivity index (χ1n) is 6.18. The maximum Gasteiger partial charge on any atom is 0.337 e. The summed E-state index contributed by atoms with van der Waals surface area (Å²) in [5, 5.41) is 14.2. The van der Waals surface area contributed by atoms with E-state index in [1.54, 1.807) is 0 Å². The molecule has 7 heteroatoms. The van der Waals surface area contributed by atoms with Gasteiger partial charge in [0.1, 0.15) is 5.69 Å². The van der Waals surface area contributed by atoms with Crippen molar-refractivity contribution in [3.05, 3.63) is 33.9 Å². The molecule has 1 fully saturated rings. The number of hydrogen-bond acceptors (Lipinski definition) is 6. The van der Waals surface area contributed by atoms with Crippen molar-refractivity contribution in [1.29, 1.82) is 0 Å². The van der Waals surface area contributed by atoms with E-state index in [4.69, 9.17) is 4.74 Å². The Morgan fingerprint density at radius 2 is 2.30 bits per heavy atom. The molecule has 1 aromatic rings. The zero-order valence-electron chi connectivity index (χ0n) is 11.3. The van der Waals surface area contributed by atoms with Crippen molar-refractivity contribution >= 4 is 17.3 Å². The van der Waals surface area contributed by atoms with Gasteiger partial charge in [0.05, 0.1) is 29.7 Å². The molecule has 1 atom stereocenters. The lowest BCUT2D eigenvalue weighted by Gasteiger charge is -2.24. The Bertz CT molecular complexity index is 538. The number of nitro benzene ring substituents is 1. The van der Waals surface area contributed by atoms with Crippen LogP contribution in [-0.4, -0.2) is 36.8 Å². The van der Waals surface area contributed by atoms with Gasteiger partial charge < -0.3 is 14.8 Å². The van der Waals surface area contributed by atoms with Crippen LogP contribution in [0.15, 0.2) is 18.2 Å². The fraction of sp³-hybridized carbons (Fsp3) is 0.462. The molecule has 1 saturated heterocycles. The first-order chi connectivity index (χ1) is 9.45. The fourth-order valence-electron chi connectivity index (χ4n) is 2.13. The van der Waals surface area contributed by atoms with Crippen molar-refractivity contribution in [2.45, 2.75) is 18.9 Å². The van der Waals surface area contributed by atoms with Gasteiger partial charge >= 0.3 is 5.97 Å². The Morgan fingerprint density at radius 3 is 2.85 bits per heavy atom. The normalized spacial score (nSPS) is 21.5. The van der Waals surface area contributed by atoms with Gasteiger partial charge in [-0.05, 0) is 25.5 Å². The van der Waals surface area contributed by atoms with E-state index < -0.39 is 10.9 Å². The maximum atomic E-state index is 11.5. The Morgan fingerprint density at radius 1 is 1.55 bits per heavy atom. The number of hydrogen-bond donors (Lipinski definition) is 1. The number of anilines is 1. The number of benzene rings is 1. The van der Waals surface area contributed by atoms with Crippen molar-refractivity contribution < 1.29 is 19.2 Å². The molecule has 20 heavy (non-hydrogen) atoms. The summed E-state index contributed by atoms with van der Waals surface area (Å²) in [7, 11) is 1.27. The predicted octanol–water partition coefficient (Wildman–Crippen LogP) is 1.97. The van der Waals surface area contributed by atoms with Crippen LogP contribution in [0.2, 0.25) is 0 Å². The van der Waals surface area contributed by atoms with Crippen LogP contribution in [0.5, 0.6) is 0 Å². The molecule has 0 aromatic heterocycles. The number of nitrogens with zero attached hydrogens (tertiary/aromatic N) is 1. The van der Waals surface area contributed by atoms with E-state index in [0.717, 1.165) is 6.42 Å². The van der Waals surface area contributed by atoms with Gasteiger partial charge in [-0.1, -0.05) is 0 Å². The minimum absolute atomic E-state index is 0.0780. The molecule has 1 aliphatic rings. The van der Waals surface area contributed by atoms with E-state index in [1.165, 1.54) is 25.3 Å². The molecule has 0 aliphatic carbocycles. The molecule has 0 spiro atoms. The number of esters is 1. The minimum Gasteiger partial charge on any atom is -0.465 e. The topological polar surface area (TPSA) is 90.7 Å². The molecule has 1 heterocycles. The highest BCUT2D eigenvalue weighted by atomic mass is 16.6. The van der Waals surface area contributed by atoms with Crippen molar-refractivity contribution in [2.24, 2.45) is 0 Å². The summed E-state index contributed by atoms with van der Waals surface area (Å²) in [6, 6.07) is 4.11. The number of carbonyl (C=O) groups excluding carboxylic acids is 1. The van der Waals surface area contributed by atoms with Crippen molar-refractivity contribution in [3.63, 3.8) is 0 Å². The molecule has 1 unspecified atom stereocenters. The SMILES string of the molecule is COC(=O)c1ccc([N+](=O)[O-])c(NC2(C)CCOC2)c1. The molecule has 1 N–H and O–H groups in total. The van der Waals surface area contributed by atoms with Crippen LogP contribution in [0.3, 0.4) is 0 Å². The Balaban J connectivity index is 2.36. The van der Waals surface area contributed by atoms with Crippen LogP contribution in [0.4, 0.5) is 11.4 Å². The van der Waals surface area contributed by atoms with Crippen LogP contribution in [-0.2, 0) is 9.47 Å². The van der Waals surface area contributed by atoms with E-state index in [-0.39, 0.29) is 16.8 Å². The quantitative estimate of drug-likeness (QED) is 0.515. The Kier molecular flexibility index (Phi) is 3.89. The Hall–Kier alpha value is -2.15. The van der Waals surface area contributed by atoms with Crippen LogP contribution < -0.4 is 5.32 Å². The molecule has 0 saturated carbocycles. The molecule has 0 bridgehead atoms. The predicted molar refractivity (Wildman–Crippen MR) is 71.9 cm³/mol. The molecule has 1 aliphatic heterocycles. The van der Waals surface area contributed by atoms with Gasteiger partial charge in [-0.25, -0.2) is 4.79 Å². The van der Waals surface area contributed by atoms with Gasteiger partial charge in [0, 0.05) is 12.7 Å². The molecule has 108 valence electrons. The monoisotopic (exact) mass is 280 g/mol. The molecule has 0 radical (unpaired) electrons. The molecule has 2 rings (SSSR count). The standard InChI is InChI=1S/C13H16N2O5/c1-13(5-6-20-8-13)14-10-7-9(12(16)19-2)3-4-11(10)15(17)18/h3-4,7,14H,5-6,8H2,1-2H3. The second kappa shape index (κ2) is 5.46. The zero-order chi connectivity index (χ0) is 14.8. The number of ether oxygens (including phenoxy) is 2. The van der Waals surface area contributed by atoms with E-state index in [9.17, 15) is 14.9 Å². The Labute approximate surface area is 116 Å². The maximum absolute atomic E-state index is 11.5. The van der Waals surface area contributed by atoms with Crippen LogP contribution >= 0.6 is 0 Å². The van der Waals surface area contributed by atoms with E-state index >= 15 is 0 Å². The first-order valence-corrected chi connectivity index (χ1v) is 6.18. The summed E-state index contributed by atoms with van der Waals surface area (Å²) < 4.78 is 9.93. The van der Waals surface area contributed by atoms with Gasteiger partial charge in [-0.2, -0.15) is 0 Å². The lowest BCUT2D eigenvalue weighted by molar-refractivity contribution is -0.384. The highest BCUT2D eigenvalue weighted by molar-refractivity contribution is 5.91. The van der Waals surface area contributed by atoms with Crippen molar-refractivity contribution in [2.75, 3.05) is 25.6 Å². The number of rotatable bonds is 4. The van der Waals surface area contributed by atoms with E-state index in [0.29, 0.717) is 18.9 Å². The van der Waals surface area contributed by atoms with Gasteiger partial charge in [-0.3, -0.25) is 10.1 Å². The van der Waals surface area contributed by atoms with E-state index in [1.807, 2.05) is 6.92 Å². The van der Waals surface area contributed by atoms with Crippen LogP contribution in [0, 0.1) is 10.1 Å². The second-order valence-corrected chi connectivity index (χ2v) is 4.97. The van der Waals surface area contributed by atoms with Crippen LogP contribution in [0.25, 0.3) is 0 Å². The number of carbonyl (C=O) groups is 1. The fourth-order valence-corrected chi connectivity index (χ4v) is 2.13. The summed E-state index contributed by atoms with van der Waals surface area (Å²) in [4.78, 5) is 22.1. The average molecular weight is 280 g/mol. The van der Waals surface area contributed by atoms with Gasteiger partial charge in [-0.15, -0.1) is 0 Å². The first kappa shape index (κ1) is 14.3. The summed E-state index contributed by atoms with van der Waals surface area (Å²) in [6.45, 7) is 3.00.